The van der Waals surface area contributed by atoms with E-state index in [0.29, 0.717) is 22.4 Å². The molecular weight excluding hydrogens is 971 g/mol. The Morgan fingerprint density at radius 2 is 1.54 bits per heavy atom. The summed E-state index contributed by atoms with van der Waals surface area (Å²) in [6, 6.07) is 37.1. The Hall–Kier alpha value is -6.35. The summed E-state index contributed by atoms with van der Waals surface area (Å²) in [5.41, 5.74) is 11.3. The number of aryl methyl sites for hydroxylation is 1. The van der Waals surface area contributed by atoms with Crippen LogP contribution in [0.4, 0.5) is 8.78 Å². The largest absolute Gasteiger partial charge is 0.501 e. The van der Waals surface area contributed by atoms with E-state index in [4.69, 9.17) is 19.5 Å². The van der Waals surface area contributed by atoms with E-state index in [1.165, 1.54) is 23.3 Å². The first-order valence-corrected chi connectivity index (χ1v) is 20.6. The number of aromatic nitrogens is 4. The van der Waals surface area contributed by atoms with Gasteiger partial charge < -0.3 is 19.1 Å². The molecule has 0 amide bonds. The molecule has 4 aromatic heterocycles. The molecule has 1 N–H and O–H groups in total. The molecule has 0 aliphatic rings. The predicted molar refractivity (Wildman–Crippen MR) is 243 cm³/mol. The minimum atomic E-state index is -1.18. The Bertz CT molecular complexity index is 3120. The number of carboxylic acids is 1. The van der Waals surface area contributed by atoms with Gasteiger partial charge >= 0.3 is 0 Å². The number of carboxylic acid groups (broad SMARTS) is 1. The molecule has 0 saturated heterocycles. The van der Waals surface area contributed by atoms with Gasteiger partial charge in [-0.05, 0) is 81.4 Å². The molecule has 0 bridgehead atoms. The number of carbonyl (C=O) groups is 1. The van der Waals surface area contributed by atoms with Crippen molar-refractivity contribution in [3.05, 3.63) is 167 Å². The second-order valence-electron chi connectivity index (χ2n) is 17.2. The van der Waals surface area contributed by atoms with Crippen molar-refractivity contribution < 1.29 is 43.2 Å². The van der Waals surface area contributed by atoms with Crippen LogP contribution in [0.15, 0.2) is 120 Å². The molecule has 0 aliphatic carbocycles. The minimum absolute atomic E-state index is 0. The summed E-state index contributed by atoms with van der Waals surface area (Å²) >= 11 is 0. The van der Waals surface area contributed by atoms with E-state index in [9.17, 15) is 13.6 Å². The topological polar surface area (TPSA) is 94.0 Å². The molecule has 0 fully saturated rings. The minimum Gasteiger partial charge on any atom is -0.501 e. The van der Waals surface area contributed by atoms with Crippen LogP contribution >= 0.6 is 0 Å². The van der Waals surface area contributed by atoms with Crippen molar-refractivity contribution in [1.29, 1.82) is 0 Å². The smallest absolute Gasteiger partial charge is 0.292 e. The second kappa shape index (κ2) is 17.8. The molecule has 10 heteroatoms. The van der Waals surface area contributed by atoms with Crippen LogP contribution in [-0.4, -0.2) is 30.6 Å². The number of aromatic carboxylic acids is 1. The average molecular weight is 1020 g/mol. The first kappa shape index (κ1) is 44.7. The van der Waals surface area contributed by atoms with E-state index in [-0.39, 0.29) is 54.3 Å². The second-order valence-corrected chi connectivity index (χ2v) is 17.2. The zero-order valence-electron chi connectivity index (χ0n) is 36.3. The van der Waals surface area contributed by atoms with Gasteiger partial charge in [-0.15, -0.1) is 30.3 Å². The van der Waals surface area contributed by atoms with E-state index < -0.39 is 11.8 Å². The molecule has 7 nitrogen and oxygen atoms in total. The number of benzene rings is 5. The van der Waals surface area contributed by atoms with Gasteiger partial charge in [-0.25, -0.2) is 9.37 Å². The summed E-state index contributed by atoms with van der Waals surface area (Å²) in [7, 11) is 0. The van der Waals surface area contributed by atoms with E-state index in [0.717, 1.165) is 61.8 Å². The van der Waals surface area contributed by atoms with Gasteiger partial charge in [0.25, 0.3) is 5.97 Å². The Balaban J connectivity index is 0.000000239. The van der Waals surface area contributed by atoms with Crippen molar-refractivity contribution in [2.45, 2.75) is 72.6 Å². The summed E-state index contributed by atoms with van der Waals surface area (Å²) in [6.45, 7) is 17.2. The SMILES string of the molecule is CC(C)(C)c1ccc(-c2[c-]cc(C(=O)O)cc2F)nc1.Cc1ccnc2c1nc(-c1[c-]ccc3c1oc1cc(-c4ccccc4F)ccc13)n2-c1c(C(C)C)cccc1C(C)C.[Ir]. The fourth-order valence-corrected chi connectivity index (χ4v) is 7.79. The molecule has 0 aliphatic heterocycles. The van der Waals surface area contributed by atoms with Crippen molar-refractivity contribution in [2.24, 2.45) is 0 Å². The fourth-order valence-electron chi connectivity index (χ4n) is 7.79. The van der Waals surface area contributed by atoms with Gasteiger partial charge in [-0.2, -0.15) is 0 Å². The van der Waals surface area contributed by atoms with E-state index in [1.807, 2.05) is 54.7 Å². The first-order chi connectivity index (χ1) is 29.6. The molecule has 321 valence electrons. The standard InChI is InChI=1S/C37H31FN3O.C16H15FNO2.Ir/c1-21(2)25-11-8-12-26(22(3)4)34(25)41-36(40-33-23(5)18-19-39-37(33)41)30-14-9-13-29-28-17-16-24(20-32(28)42-35(29)30)27-10-6-7-15-31(27)38;1-16(2,3)11-5-7-14(18-9-11)12-6-4-10(15(19)20)8-13(12)17;/h6-13,15-22H,1-5H3;4-5,7-9H,1-3H3,(H,19,20);/q2*-1;. The molecule has 0 atom stereocenters. The van der Waals surface area contributed by atoms with Gasteiger partial charge in [-0.1, -0.05) is 132 Å². The molecule has 0 unspecified atom stereocenters. The summed E-state index contributed by atoms with van der Waals surface area (Å²) in [5, 5.41) is 10.7. The molecule has 5 aromatic carbocycles. The monoisotopic (exact) mass is 1020 g/mol. The van der Waals surface area contributed by atoms with Gasteiger partial charge in [0.15, 0.2) is 5.65 Å². The molecule has 63 heavy (non-hydrogen) atoms. The molecule has 9 rings (SSSR count). The van der Waals surface area contributed by atoms with Crippen LogP contribution in [0.5, 0.6) is 0 Å². The molecule has 9 aromatic rings. The zero-order chi connectivity index (χ0) is 44.0. The number of nitrogens with zero attached hydrogens (tertiary/aromatic N) is 4. The number of pyridine rings is 2. The summed E-state index contributed by atoms with van der Waals surface area (Å²) in [5.74, 6) is -0.763. The molecule has 1 radical (unpaired) electrons. The third kappa shape index (κ3) is 8.58. The van der Waals surface area contributed by atoms with Gasteiger partial charge in [0.2, 0.25) is 0 Å². The van der Waals surface area contributed by atoms with Gasteiger partial charge in [0.05, 0.1) is 16.9 Å². The van der Waals surface area contributed by atoms with Crippen molar-refractivity contribution in [3.63, 3.8) is 0 Å². The van der Waals surface area contributed by atoms with Crippen molar-refractivity contribution in [3.8, 4) is 39.5 Å². The van der Waals surface area contributed by atoms with Gasteiger partial charge in [0, 0.05) is 55.0 Å². The molecule has 4 heterocycles. The van der Waals surface area contributed by atoms with Gasteiger partial charge in [0.1, 0.15) is 11.4 Å². The molecule has 0 spiro atoms. The maximum atomic E-state index is 14.6. The van der Waals surface area contributed by atoms with Crippen LogP contribution in [-0.2, 0) is 25.5 Å². The molecular formula is C53H46F2IrN4O3-2. The van der Waals surface area contributed by atoms with Crippen LogP contribution in [0.3, 0.4) is 0 Å². The normalized spacial score (nSPS) is 11.6. The van der Waals surface area contributed by atoms with E-state index >= 15 is 0 Å². The molecule has 0 saturated carbocycles. The zero-order valence-corrected chi connectivity index (χ0v) is 38.7. The summed E-state index contributed by atoms with van der Waals surface area (Å²) in [6.07, 6.45) is 3.55. The Morgan fingerprint density at radius 1 is 0.810 bits per heavy atom. The van der Waals surface area contributed by atoms with E-state index in [1.54, 1.807) is 24.4 Å². The number of fused-ring (bicyclic) bond motifs is 4. The van der Waals surface area contributed by atoms with Crippen LogP contribution in [0.25, 0.3) is 72.6 Å². The summed E-state index contributed by atoms with van der Waals surface area (Å²) in [4.78, 5) is 25.1. The van der Waals surface area contributed by atoms with Crippen molar-refractivity contribution in [1.82, 2.24) is 19.5 Å². The number of halogens is 2. The Morgan fingerprint density at radius 3 is 2.17 bits per heavy atom. The first-order valence-electron chi connectivity index (χ1n) is 20.6. The van der Waals surface area contributed by atoms with Crippen molar-refractivity contribution >= 4 is 39.1 Å². The van der Waals surface area contributed by atoms with Crippen LogP contribution in [0.2, 0.25) is 0 Å². The number of hydrogen-bond donors (Lipinski definition) is 1. The average Bonchev–Trinajstić information content (AvgIpc) is 3.82. The number of rotatable bonds is 7. The Kier molecular flexibility index (Phi) is 12.6. The third-order valence-corrected chi connectivity index (χ3v) is 11.2. The van der Waals surface area contributed by atoms with Crippen LogP contribution < -0.4 is 0 Å². The predicted octanol–water partition coefficient (Wildman–Crippen LogP) is 13.8. The maximum absolute atomic E-state index is 14.6. The Labute approximate surface area is 379 Å². The maximum Gasteiger partial charge on any atom is 0.292 e. The van der Waals surface area contributed by atoms with Crippen LogP contribution in [0, 0.1) is 30.7 Å². The third-order valence-electron chi connectivity index (χ3n) is 11.2. The van der Waals surface area contributed by atoms with Gasteiger partial charge in [-0.3, -0.25) is 14.2 Å². The number of para-hydroxylation sites is 1. The number of furan rings is 1. The fraction of sp³-hybridized carbons (Fsp3) is 0.208. The van der Waals surface area contributed by atoms with Crippen molar-refractivity contribution in [2.75, 3.05) is 0 Å². The summed E-state index contributed by atoms with van der Waals surface area (Å²) < 4.78 is 37.3. The quantitative estimate of drug-likeness (QED) is 0.160. The van der Waals surface area contributed by atoms with Crippen LogP contribution in [0.1, 0.15) is 92.9 Å². The number of imidazole rings is 1. The number of hydrogen-bond acceptors (Lipinski definition) is 5. The van der Waals surface area contributed by atoms with E-state index in [2.05, 4.69) is 95.3 Å².